The molecule has 1 aliphatic rings. The van der Waals surface area contributed by atoms with E-state index in [4.69, 9.17) is 28.3 Å². The van der Waals surface area contributed by atoms with Crippen molar-refractivity contribution >= 4 is 35.2 Å². The maximum Gasteiger partial charge on any atom is 0.412 e. The molecule has 2 amide bonds. The number of hydrogen-bond donors (Lipinski definition) is 3. The Balaban J connectivity index is 1.76. The van der Waals surface area contributed by atoms with Crippen molar-refractivity contribution in [2.24, 2.45) is 0 Å². The SMILES string of the molecule is C[C@@H](CO)Nc1ncc2c(n1)CN(C(=O)N[C@@H](c1ccc(Cl)c(Cl)c1)C(F)(F)F)CC2. The lowest BCUT2D eigenvalue weighted by Crippen LogP contribution is -2.47. The zero-order chi connectivity index (χ0) is 22.8. The standard InChI is InChI=1S/C19H20Cl2F3N5O2/c1-10(9-30)26-17-25-7-12-4-5-29(8-15(12)27-17)18(31)28-16(19(22,23)24)11-2-3-13(20)14(21)6-11/h2-3,6-7,10,16,30H,4-5,8-9H2,1H3,(H,28,31)(H,25,26,27)/t10-,16-/m0/s1. The largest absolute Gasteiger partial charge is 0.412 e. The van der Waals surface area contributed by atoms with Crippen molar-refractivity contribution in [3.63, 3.8) is 0 Å². The maximum atomic E-state index is 13.7. The van der Waals surface area contributed by atoms with Gasteiger partial charge in [0, 0.05) is 18.8 Å². The number of carbonyl (C=O) groups is 1. The van der Waals surface area contributed by atoms with Crippen LogP contribution in [0.3, 0.4) is 0 Å². The van der Waals surface area contributed by atoms with Gasteiger partial charge in [-0.2, -0.15) is 13.2 Å². The van der Waals surface area contributed by atoms with E-state index in [1.165, 1.54) is 17.0 Å². The van der Waals surface area contributed by atoms with Crippen LogP contribution in [0, 0.1) is 0 Å². The fourth-order valence-electron chi connectivity index (χ4n) is 3.07. The molecule has 1 aromatic carbocycles. The normalized spacial score (nSPS) is 15.8. The number of nitrogens with one attached hydrogen (secondary N) is 2. The highest BCUT2D eigenvalue weighted by Gasteiger charge is 2.43. The van der Waals surface area contributed by atoms with Crippen molar-refractivity contribution in [2.75, 3.05) is 18.5 Å². The molecule has 7 nitrogen and oxygen atoms in total. The second-order valence-corrected chi connectivity index (χ2v) is 7.98. The van der Waals surface area contributed by atoms with Gasteiger partial charge in [-0.25, -0.2) is 14.8 Å². The number of hydrogen-bond acceptors (Lipinski definition) is 5. The van der Waals surface area contributed by atoms with Crippen molar-refractivity contribution in [1.82, 2.24) is 20.2 Å². The Labute approximate surface area is 186 Å². The van der Waals surface area contributed by atoms with Crippen molar-refractivity contribution in [1.29, 1.82) is 0 Å². The molecule has 2 heterocycles. The molecule has 0 bridgehead atoms. The molecular formula is C19H20Cl2F3N5O2. The van der Waals surface area contributed by atoms with Gasteiger partial charge in [0.15, 0.2) is 6.04 Å². The number of urea groups is 1. The highest BCUT2D eigenvalue weighted by Crippen LogP contribution is 2.35. The number of anilines is 1. The van der Waals surface area contributed by atoms with Gasteiger partial charge in [-0.1, -0.05) is 29.3 Å². The average Bonchev–Trinajstić information content (AvgIpc) is 2.72. The number of aliphatic hydroxyl groups excluding tert-OH is 1. The molecular weight excluding hydrogens is 458 g/mol. The Morgan fingerprint density at radius 3 is 2.71 bits per heavy atom. The molecule has 12 heteroatoms. The number of halogens is 5. The quantitative estimate of drug-likeness (QED) is 0.606. The van der Waals surface area contributed by atoms with Gasteiger partial charge in [0.05, 0.1) is 28.9 Å². The fourth-order valence-corrected chi connectivity index (χ4v) is 3.38. The summed E-state index contributed by atoms with van der Waals surface area (Å²) in [7, 11) is 0. The average molecular weight is 478 g/mol. The van der Waals surface area contributed by atoms with Gasteiger partial charge >= 0.3 is 12.2 Å². The summed E-state index contributed by atoms with van der Waals surface area (Å²) in [6.07, 6.45) is -2.72. The smallest absolute Gasteiger partial charge is 0.394 e. The van der Waals surface area contributed by atoms with Crippen LogP contribution in [-0.4, -0.2) is 51.4 Å². The van der Waals surface area contributed by atoms with E-state index in [1.54, 1.807) is 13.1 Å². The number of carbonyl (C=O) groups excluding carboxylic acids is 1. The third-order valence-corrected chi connectivity index (χ3v) is 5.49. The lowest BCUT2D eigenvalue weighted by molar-refractivity contribution is -0.155. The van der Waals surface area contributed by atoms with Gasteiger partial charge in [0.2, 0.25) is 5.95 Å². The summed E-state index contributed by atoms with van der Waals surface area (Å²) in [5.41, 5.74) is 1.12. The molecule has 0 unspecified atom stereocenters. The molecule has 2 aromatic rings. The summed E-state index contributed by atoms with van der Waals surface area (Å²) >= 11 is 11.6. The zero-order valence-electron chi connectivity index (χ0n) is 16.4. The lowest BCUT2D eigenvalue weighted by atomic mass is 10.1. The van der Waals surface area contributed by atoms with E-state index in [1.807, 2.05) is 5.32 Å². The van der Waals surface area contributed by atoms with E-state index >= 15 is 0 Å². The van der Waals surface area contributed by atoms with Crippen molar-refractivity contribution < 1.29 is 23.1 Å². The van der Waals surface area contributed by atoms with Gasteiger partial charge in [0.1, 0.15) is 0 Å². The number of nitrogens with zero attached hydrogens (tertiary/aromatic N) is 3. The Morgan fingerprint density at radius 1 is 1.32 bits per heavy atom. The van der Waals surface area contributed by atoms with Crippen LogP contribution in [0.4, 0.5) is 23.9 Å². The molecule has 0 radical (unpaired) electrons. The van der Waals surface area contributed by atoms with Crippen LogP contribution in [-0.2, 0) is 13.0 Å². The van der Waals surface area contributed by atoms with Gasteiger partial charge in [-0.05, 0) is 36.6 Å². The monoisotopic (exact) mass is 477 g/mol. The Morgan fingerprint density at radius 2 is 2.06 bits per heavy atom. The first-order valence-electron chi connectivity index (χ1n) is 9.37. The van der Waals surface area contributed by atoms with Crippen LogP contribution in [0.5, 0.6) is 0 Å². The van der Waals surface area contributed by atoms with Gasteiger partial charge in [0.25, 0.3) is 0 Å². The number of amides is 2. The van der Waals surface area contributed by atoms with Gasteiger partial charge in [-0.3, -0.25) is 0 Å². The van der Waals surface area contributed by atoms with Crippen LogP contribution in [0.15, 0.2) is 24.4 Å². The Kier molecular flexibility index (Phi) is 7.13. The number of aliphatic hydroxyl groups is 1. The van der Waals surface area contributed by atoms with Gasteiger partial charge in [-0.15, -0.1) is 0 Å². The Bertz CT molecular complexity index is 961. The minimum atomic E-state index is -4.74. The number of aromatic nitrogens is 2. The van der Waals surface area contributed by atoms with E-state index in [0.29, 0.717) is 12.1 Å². The minimum absolute atomic E-state index is 0.0256. The van der Waals surface area contributed by atoms with Crippen molar-refractivity contribution in [3.8, 4) is 0 Å². The highest BCUT2D eigenvalue weighted by atomic mass is 35.5. The first-order chi connectivity index (χ1) is 14.6. The maximum absolute atomic E-state index is 13.7. The van der Waals surface area contributed by atoms with Crippen molar-refractivity contribution in [2.45, 2.75) is 38.1 Å². The van der Waals surface area contributed by atoms with Crippen LogP contribution < -0.4 is 10.6 Å². The van der Waals surface area contributed by atoms with Crippen LogP contribution in [0.1, 0.15) is 29.8 Å². The third-order valence-electron chi connectivity index (χ3n) is 4.75. The second kappa shape index (κ2) is 9.46. The minimum Gasteiger partial charge on any atom is -0.394 e. The van der Waals surface area contributed by atoms with Crippen molar-refractivity contribution in [3.05, 3.63) is 51.3 Å². The first-order valence-corrected chi connectivity index (χ1v) is 10.1. The zero-order valence-corrected chi connectivity index (χ0v) is 17.9. The first kappa shape index (κ1) is 23.4. The van der Waals surface area contributed by atoms with E-state index in [-0.39, 0.29) is 47.3 Å². The predicted molar refractivity (Wildman–Crippen MR) is 110 cm³/mol. The number of rotatable bonds is 5. The summed E-state index contributed by atoms with van der Waals surface area (Å²) < 4.78 is 41.0. The summed E-state index contributed by atoms with van der Waals surface area (Å²) in [5, 5.41) is 14.2. The fraction of sp³-hybridized carbons (Fsp3) is 0.421. The molecule has 0 fully saturated rings. The summed E-state index contributed by atoms with van der Waals surface area (Å²) in [5.74, 6) is 0.270. The van der Waals surface area contributed by atoms with E-state index in [2.05, 4.69) is 15.3 Å². The topological polar surface area (TPSA) is 90.4 Å². The molecule has 31 heavy (non-hydrogen) atoms. The molecule has 168 valence electrons. The number of benzene rings is 1. The van der Waals surface area contributed by atoms with Gasteiger partial charge < -0.3 is 20.6 Å². The molecule has 0 saturated heterocycles. The predicted octanol–water partition coefficient (Wildman–Crippen LogP) is 3.95. The Hall–Kier alpha value is -2.30. The van der Waals surface area contributed by atoms with E-state index in [9.17, 15) is 18.0 Å². The molecule has 0 aliphatic carbocycles. The molecule has 0 saturated carbocycles. The summed E-state index contributed by atoms with van der Waals surface area (Å²) in [4.78, 5) is 22.4. The van der Waals surface area contributed by atoms with E-state index < -0.39 is 18.2 Å². The molecule has 3 rings (SSSR count). The third kappa shape index (κ3) is 5.69. The molecule has 1 aliphatic heterocycles. The highest BCUT2D eigenvalue weighted by molar-refractivity contribution is 6.42. The van der Waals surface area contributed by atoms with Crippen LogP contribution in [0.25, 0.3) is 0 Å². The number of fused-ring (bicyclic) bond motifs is 1. The number of alkyl halides is 3. The van der Waals surface area contributed by atoms with Crippen LogP contribution >= 0.6 is 23.2 Å². The summed E-state index contributed by atoms with van der Waals surface area (Å²) in [6, 6.07) is 0.104. The summed E-state index contributed by atoms with van der Waals surface area (Å²) in [6.45, 7) is 1.86. The molecule has 1 aromatic heterocycles. The van der Waals surface area contributed by atoms with E-state index in [0.717, 1.165) is 11.6 Å². The molecule has 2 atom stereocenters. The molecule has 3 N–H and O–H groups in total. The molecule has 0 spiro atoms. The van der Waals surface area contributed by atoms with Crippen LogP contribution in [0.2, 0.25) is 10.0 Å². The lowest BCUT2D eigenvalue weighted by Gasteiger charge is -2.31. The second-order valence-electron chi connectivity index (χ2n) is 7.16.